The van der Waals surface area contributed by atoms with Gasteiger partial charge in [-0.25, -0.2) is 0 Å². The van der Waals surface area contributed by atoms with Crippen LogP contribution < -0.4 is 5.48 Å². The van der Waals surface area contributed by atoms with Crippen molar-refractivity contribution < 1.29 is 4.84 Å². The lowest BCUT2D eigenvalue weighted by atomic mass is 10.3. The first-order valence-corrected chi connectivity index (χ1v) is 3.52. The topological polar surface area (TPSA) is 23.3 Å². The number of rotatable bonds is 4. The molecule has 0 heterocycles. The summed E-state index contributed by atoms with van der Waals surface area (Å²) in [7, 11) is 0. The van der Waals surface area contributed by atoms with Crippen LogP contribution in [-0.2, 0) is 4.84 Å². The summed E-state index contributed by atoms with van der Waals surface area (Å²) in [5, 5.41) is 0. The predicted molar refractivity (Wildman–Crippen MR) is 38.1 cm³/mol. The third-order valence-corrected chi connectivity index (χ3v) is 1.03. The van der Waals surface area contributed by atoms with Crippen molar-refractivity contribution in [1.82, 2.24) is 5.48 Å². The van der Waals surface area contributed by atoms with Crippen LogP contribution in [0.5, 0.6) is 0 Å². The molecule has 1 radical (unpaired) electrons. The minimum atomic E-state index is 0.271. The third-order valence-electron chi connectivity index (χ3n) is 1.03. The van der Waals surface area contributed by atoms with Gasteiger partial charge < -0.3 is 0 Å². The van der Waals surface area contributed by atoms with E-state index >= 15 is 0 Å². The van der Waals surface area contributed by atoms with Crippen molar-refractivity contribution in [2.75, 3.05) is 0 Å². The minimum absolute atomic E-state index is 0.271. The minimum Gasteiger partial charge on any atom is -0.279 e. The van der Waals surface area contributed by atoms with Gasteiger partial charge >= 0.3 is 0 Å². The third kappa shape index (κ3) is 5.80. The highest BCUT2D eigenvalue weighted by molar-refractivity contribution is 4.44. The number of hydroxylamine groups is 1. The Hall–Kier alpha value is -0.0800. The molecule has 0 aromatic rings. The van der Waals surface area contributed by atoms with Gasteiger partial charge in [0, 0.05) is 6.04 Å². The highest BCUT2D eigenvalue weighted by Crippen LogP contribution is 1.94. The van der Waals surface area contributed by atoms with Gasteiger partial charge in [-0.05, 0) is 27.2 Å². The van der Waals surface area contributed by atoms with Crippen LogP contribution in [0.4, 0.5) is 0 Å². The van der Waals surface area contributed by atoms with Crippen LogP contribution in [0.25, 0.3) is 0 Å². The summed E-state index contributed by atoms with van der Waals surface area (Å²) in [6, 6.07) is 0.291. The van der Waals surface area contributed by atoms with Gasteiger partial charge in [0.1, 0.15) is 0 Å². The van der Waals surface area contributed by atoms with E-state index in [1.165, 1.54) is 0 Å². The molecule has 55 valence electrons. The van der Waals surface area contributed by atoms with Gasteiger partial charge in [0.15, 0.2) is 0 Å². The maximum atomic E-state index is 5.08. The van der Waals surface area contributed by atoms with E-state index in [9.17, 15) is 0 Å². The predicted octanol–water partition coefficient (Wildman–Crippen LogP) is 1.73. The molecule has 0 aliphatic carbocycles. The largest absolute Gasteiger partial charge is 0.279 e. The molecule has 0 saturated heterocycles. The number of nitrogens with zero attached hydrogens (tertiary/aromatic N) is 1. The Morgan fingerprint density at radius 1 is 1.33 bits per heavy atom. The van der Waals surface area contributed by atoms with Crippen molar-refractivity contribution in [3.8, 4) is 0 Å². The lowest BCUT2D eigenvalue weighted by molar-refractivity contribution is -0.0374. The quantitative estimate of drug-likeness (QED) is 0.531. The average molecular weight is 130 g/mol. The molecule has 0 aromatic carbocycles. The summed E-state index contributed by atoms with van der Waals surface area (Å²) in [6.07, 6.45) is 1.29. The molecule has 0 saturated carbocycles. The van der Waals surface area contributed by atoms with E-state index in [4.69, 9.17) is 4.84 Å². The average Bonchev–Trinajstić information content (AvgIpc) is 1.83. The molecule has 0 rings (SSSR count). The van der Waals surface area contributed by atoms with E-state index in [0.717, 1.165) is 6.42 Å². The van der Waals surface area contributed by atoms with Gasteiger partial charge in [-0.3, -0.25) is 4.84 Å². The lowest BCUT2D eigenvalue weighted by Crippen LogP contribution is -2.20. The van der Waals surface area contributed by atoms with Crippen molar-refractivity contribution in [3.63, 3.8) is 0 Å². The van der Waals surface area contributed by atoms with Crippen LogP contribution in [0.2, 0.25) is 0 Å². The Bertz CT molecular complexity index is 63.9. The first-order chi connectivity index (χ1) is 4.16. The van der Waals surface area contributed by atoms with E-state index in [0.29, 0.717) is 6.04 Å². The van der Waals surface area contributed by atoms with Crippen molar-refractivity contribution in [2.24, 2.45) is 0 Å². The molecule has 9 heavy (non-hydrogen) atoms. The van der Waals surface area contributed by atoms with Gasteiger partial charge in [0.2, 0.25) is 0 Å². The molecule has 0 N–H and O–H groups in total. The summed E-state index contributed by atoms with van der Waals surface area (Å²) < 4.78 is 0. The Labute approximate surface area is 57.5 Å². The van der Waals surface area contributed by atoms with Crippen molar-refractivity contribution in [1.29, 1.82) is 0 Å². The summed E-state index contributed by atoms with van der Waals surface area (Å²) in [6.45, 7) is 8.11. The molecule has 0 bridgehead atoms. The van der Waals surface area contributed by atoms with Crippen LogP contribution in [-0.4, -0.2) is 12.1 Å². The molecular formula is C7H16NO. The highest BCUT2D eigenvalue weighted by atomic mass is 16.7. The van der Waals surface area contributed by atoms with Crippen LogP contribution in [0, 0.1) is 0 Å². The maximum absolute atomic E-state index is 5.08. The molecule has 0 amide bonds. The van der Waals surface area contributed by atoms with Crippen molar-refractivity contribution in [3.05, 3.63) is 0 Å². The molecule has 1 atom stereocenters. The fraction of sp³-hybridized carbons (Fsp3) is 1.00. The Morgan fingerprint density at radius 2 is 1.89 bits per heavy atom. The molecule has 0 aliphatic heterocycles. The fourth-order valence-electron chi connectivity index (χ4n) is 0.300. The van der Waals surface area contributed by atoms with Gasteiger partial charge in [0.25, 0.3) is 0 Å². The number of hydrogen-bond donors (Lipinski definition) is 0. The maximum Gasteiger partial charge on any atom is 0.0780 e. The zero-order valence-corrected chi connectivity index (χ0v) is 6.72. The molecule has 0 aromatic heterocycles. The molecule has 0 spiro atoms. The molecule has 2 nitrogen and oxygen atoms in total. The normalized spacial score (nSPS) is 14.3. The molecular weight excluding hydrogens is 114 g/mol. The van der Waals surface area contributed by atoms with Gasteiger partial charge in [-0.15, -0.1) is 0 Å². The zero-order valence-electron chi connectivity index (χ0n) is 6.72. The van der Waals surface area contributed by atoms with Gasteiger partial charge in [-0.1, -0.05) is 12.4 Å². The molecule has 0 fully saturated rings. The van der Waals surface area contributed by atoms with E-state index in [-0.39, 0.29) is 6.10 Å². The second-order valence-corrected chi connectivity index (χ2v) is 2.52. The first kappa shape index (κ1) is 8.92. The Balaban J connectivity index is 3.06. The number of hydrogen-bond acceptors (Lipinski definition) is 1. The summed E-state index contributed by atoms with van der Waals surface area (Å²) in [5.74, 6) is 0. The SMILES string of the molecule is CCC(C)O[N]C(C)C. The van der Waals surface area contributed by atoms with E-state index in [1.54, 1.807) is 0 Å². The Morgan fingerprint density at radius 3 is 2.22 bits per heavy atom. The Kier molecular flexibility index (Phi) is 4.72. The van der Waals surface area contributed by atoms with Crippen molar-refractivity contribution in [2.45, 2.75) is 46.3 Å². The molecule has 1 unspecified atom stereocenters. The van der Waals surface area contributed by atoms with Gasteiger partial charge in [0.05, 0.1) is 6.10 Å². The second kappa shape index (κ2) is 4.77. The van der Waals surface area contributed by atoms with Crippen LogP contribution in [0.15, 0.2) is 0 Å². The van der Waals surface area contributed by atoms with E-state index in [2.05, 4.69) is 12.4 Å². The standard InChI is InChI=1S/C7H16NO/c1-5-7(4)9-8-6(2)3/h6-7H,5H2,1-4H3. The summed E-state index contributed by atoms with van der Waals surface area (Å²) in [4.78, 5) is 5.08. The van der Waals surface area contributed by atoms with Crippen molar-refractivity contribution >= 4 is 0 Å². The van der Waals surface area contributed by atoms with Crippen LogP contribution >= 0.6 is 0 Å². The van der Waals surface area contributed by atoms with Crippen LogP contribution in [0.1, 0.15) is 34.1 Å². The van der Waals surface area contributed by atoms with Crippen LogP contribution in [0.3, 0.4) is 0 Å². The molecule has 0 aliphatic rings. The lowest BCUT2D eigenvalue weighted by Gasteiger charge is -2.10. The first-order valence-electron chi connectivity index (χ1n) is 3.52. The fourth-order valence-corrected chi connectivity index (χ4v) is 0.300. The summed E-state index contributed by atoms with van der Waals surface area (Å²) >= 11 is 0. The molecule has 2 heteroatoms. The second-order valence-electron chi connectivity index (χ2n) is 2.52. The highest BCUT2D eigenvalue weighted by Gasteiger charge is 1.99. The smallest absolute Gasteiger partial charge is 0.0780 e. The summed E-state index contributed by atoms with van der Waals surface area (Å²) in [5.41, 5.74) is 3.90. The van der Waals surface area contributed by atoms with Gasteiger partial charge in [-0.2, -0.15) is 0 Å². The van der Waals surface area contributed by atoms with E-state index in [1.807, 2.05) is 20.8 Å². The van der Waals surface area contributed by atoms with E-state index < -0.39 is 0 Å². The zero-order chi connectivity index (χ0) is 7.28. The monoisotopic (exact) mass is 130 g/mol.